The van der Waals surface area contributed by atoms with E-state index in [-0.39, 0.29) is 6.61 Å². The van der Waals surface area contributed by atoms with Gasteiger partial charge in [-0.05, 0) is 13.8 Å². The van der Waals surface area contributed by atoms with Gasteiger partial charge in [-0.1, -0.05) is 0 Å². The van der Waals surface area contributed by atoms with E-state index >= 15 is 0 Å². The molecule has 1 heterocycles. The Morgan fingerprint density at radius 3 is 2.56 bits per heavy atom. The number of hydrogen-bond donors (Lipinski definition) is 2. The molecule has 0 atom stereocenters. The zero-order chi connectivity index (χ0) is 12.0. The molecule has 0 fully saturated rings. The van der Waals surface area contributed by atoms with Crippen molar-refractivity contribution in [1.29, 1.82) is 0 Å². The van der Waals surface area contributed by atoms with Crippen LogP contribution in [0.2, 0.25) is 0 Å². The number of rotatable bonds is 6. The molecule has 0 aliphatic heterocycles. The van der Waals surface area contributed by atoms with Gasteiger partial charge >= 0.3 is 0 Å². The highest BCUT2D eigenvalue weighted by molar-refractivity contribution is 5.29. The molecule has 0 radical (unpaired) electrons. The van der Waals surface area contributed by atoms with Crippen molar-refractivity contribution in [2.45, 2.75) is 26.4 Å². The van der Waals surface area contributed by atoms with Crippen LogP contribution in [0.3, 0.4) is 0 Å². The summed E-state index contributed by atoms with van der Waals surface area (Å²) in [6.07, 6.45) is 3.48. The fraction of sp³-hybridized carbons (Fsp3) is 0.636. The lowest BCUT2D eigenvalue weighted by atomic mass is 10.3. The Bertz CT molecular complexity index is 299. The van der Waals surface area contributed by atoms with Crippen molar-refractivity contribution in [3.8, 4) is 0 Å². The Labute approximate surface area is 96.5 Å². The first-order valence-electron chi connectivity index (χ1n) is 5.51. The van der Waals surface area contributed by atoms with E-state index in [0.717, 1.165) is 18.1 Å². The van der Waals surface area contributed by atoms with E-state index in [1.54, 1.807) is 12.4 Å². The smallest absolute Gasteiger partial charge is 0.144 e. The van der Waals surface area contributed by atoms with Crippen LogP contribution < -0.4 is 5.32 Å². The third-order valence-corrected chi connectivity index (χ3v) is 2.44. The van der Waals surface area contributed by atoms with Crippen LogP contribution in [0.4, 0.5) is 5.82 Å². The molecule has 0 aromatic carbocycles. The second kappa shape index (κ2) is 6.40. The van der Waals surface area contributed by atoms with Crippen LogP contribution in [0.15, 0.2) is 12.4 Å². The largest absolute Gasteiger partial charge is 0.395 e. The van der Waals surface area contributed by atoms with Gasteiger partial charge in [0.05, 0.1) is 24.7 Å². The fourth-order valence-corrected chi connectivity index (χ4v) is 1.42. The van der Waals surface area contributed by atoms with Gasteiger partial charge < -0.3 is 10.4 Å². The molecule has 0 saturated carbocycles. The van der Waals surface area contributed by atoms with E-state index in [2.05, 4.69) is 34.0 Å². The first-order valence-corrected chi connectivity index (χ1v) is 5.51. The van der Waals surface area contributed by atoms with Gasteiger partial charge in [0.25, 0.3) is 0 Å². The van der Waals surface area contributed by atoms with Gasteiger partial charge in [0.15, 0.2) is 0 Å². The van der Waals surface area contributed by atoms with Crippen LogP contribution in [0, 0.1) is 0 Å². The Morgan fingerprint density at radius 1 is 1.38 bits per heavy atom. The van der Waals surface area contributed by atoms with Gasteiger partial charge in [-0.15, -0.1) is 0 Å². The second-order valence-electron chi connectivity index (χ2n) is 3.93. The van der Waals surface area contributed by atoms with Gasteiger partial charge in [-0.2, -0.15) is 0 Å². The summed E-state index contributed by atoms with van der Waals surface area (Å²) in [4.78, 5) is 10.7. The molecule has 0 bridgehead atoms. The molecule has 0 unspecified atom stereocenters. The third-order valence-electron chi connectivity index (χ3n) is 2.44. The highest BCUT2D eigenvalue weighted by Crippen LogP contribution is 2.06. The summed E-state index contributed by atoms with van der Waals surface area (Å²) in [5.74, 6) is 0.766. The molecule has 90 valence electrons. The predicted molar refractivity (Wildman–Crippen MR) is 64.2 cm³/mol. The van der Waals surface area contributed by atoms with E-state index in [0.29, 0.717) is 12.6 Å². The first-order chi connectivity index (χ1) is 7.67. The molecule has 0 aliphatic rings. The highest BCUT2D eigenvalue weighted by atomic mass is 16.3. The molecule has 0 aliphatic carbocycles. The van der Waals surface area contributed by atoms with Crippen molar-refractivity contribution in [3.05, 3.63) is 18.1 Å². The molecule has 0 amide bonds. The number of nitrogens with zero attached hydrogens (tertiary/aromatic N) is 3. The van der Waals surface area contributed by atoms with Crippen LogP contribution in [-0.2, 0) is 6.54 Å². The summed E-state index contributed by atoms with van der Waals surface area (Å²) in [7, 11) is 1.82. The molecule has 2 N–H and O–H groups in total. The minimum Gasteiger partial charge on any atom is -0.395 e. The molecule has 16 heavy (non-hydrogen) atoms. The van der Waals surface area contributed by atoms with E-state index in [4.69, 9.17) is 5.11 Å². The molecule has 0 saturated heterocycles. The van der Waals surface area contributed by atoms with E-state index in [1.165, 1.54) is 0 Å². The zero-order valence-electron chi connectivity index (χ0n) is 10.1. The summed E-state index contributed by atoms with van der Waals surface area (Å²) in [5.41, 5.74) is 0.918. The van der Waals surface area contributed by atoms with Gasteiger partial charge in [-0.3, -0.25) is 9.88 Å². The van der Waals surface area contributed by atoms with E-state index in [9.17, 15) is 0 Å². The van der Waals surface area contributed by atoms with Gasteiger partial charge in [0.1, 0.15) is 5.82 Å². The summed E-state index contributed by atoms with van der Waals surface area (Å²) in [6.45, 7) is 5.75. The molecule has 5 heteroatoms. The van der Waals surface area contributed by atoms with Crippen molar-refractivity contribution in [2.24, 2.45) is 0 Å². The van der Waals surface area contributed by atoms with Crippen LogP contribution in [0.25, 0.3) is 0 Å². The molecule has 1 aromatic rings. The summed E-state index contributed by atoms with van der Waals surface area (Å²) in [5, 5.41) is 11.9. The minimum atomic E-state index is 0.167. The average molecular weight is 224 g/mol. The summed E-state index contributed by atoms with van der Waals surface area (Å²) >= 11 is 0. The quantitative estimate of drug-likeness (QED) is 0.745. The van der Waals surface area contributed by atoms with Gasteiger partial charge in [0, 0.05) is 26.2 Å². The minimum absolute atomic E-state index is 0.167. The monoisotopic (exact) mass is 224 g/mol. The molecule has 1 rings (SSSR count). The number of hydrogen-bond acceptors (Lipinski definition) is 5. The van der Waals surface area contributed by atoms with Gasteiger partial charge in [-0.25, -0.2) is 4.98 Å². The Hall–Kier alpha value is -1.20. The van der Waals surface area contributed by atoms with Crippen LogP contribution in [0.5, 0.6) is 0 Å². The maximum Gasteiger partial charge on any atom is 0.144 e. The second-order valence-corrected chi connectivity index (χ2v) is 3.93. The zero-order valence-corrected chi connectivity index (χ0v) is 10.1. The van der Waals surface area contributed by atoms with Crippen molar-refractivity contribution in [2.75, 3.05) is 25.5 Å². The topological polar surface area (TPSA) is 61.3 Å². The average Bonchev–Trinajstić information content (AvgIpc) is 2.29. The van der Waals surface area contributed by atoms with Crippen molar-refractivity contribution < 1.29 is 5.11 Å². The van der Waals surface area contributed by atoms with Gasteiger partial charge in [0.2, 0.25) is 0 Å². The third kappa shape index (κ3) is 3.75. The van der Waals surface area contributed by atoms with Crippen molar-refractivity contribution >= 4 is 5.82 Å². The van der Waals surface area contributed by atoms with Crippen LogP contribution >= 0.6 is 0 Å². The van der Waals surface area contributed by atoms with Crippen LogP contribution in [0.1, 0.15) is 19.5 Å². The lowest BCUT2D eigenvalue weighted by molar-refractivity contribution is 0.157. The molecular weight excluding hydrogens is 204 g/mol. The van der Waals surface area contributed by atoms with E-state index < -0.39 is 0 Å². The lowest BCUT2D eigenvalue weighted by Crippen LogP contribution is -2.33. The van der Waals surface area contributed by atoms with Crippen LogP contribution in [-0.4, -0.2) is 46.2 Å². The highest BCUT2D eigenvalue weighted by Gasteiger charge is 2.10. The number of nitrogens with one attached hydrogen (secondary N) is 1. The molecule has 0 spiro atoms. The molecule has 1 aromatic heterocycles. The SMILES string of the molecule is CNc1cnc(CN(CCO)C(C)C)cn1. The Balaban J connectivity index is 2.62. The molecule has 5 nitrogen and oxygen atoms in total. The number of anilines is 1. The van der Waals surface area contributed by atoms with E-state index in [1.807, 2.05) is 7.05 Å². The standard InChI is InChI=1S/C11H20N4O/c1-9(2)15(4-5-16)8-10-6-14-11(12-3)7-13-10/h6-7,9,16H,4-5,8H2,1-3H3,(H,12,14). The van der Waals surface area contributed by atoms with Crippen molar-refractivity contribution in [3.63, 3.8) is 0 Å². The van der Waals surface area contributed by atoms with Crippen molar-refractivity contribution in [1.82, 2.24) is 14.9 Å². The predicted octanol–water partition coefficient (Wildman–Crippen LogP) is 0.721. The summed E-state index contributed by atoms with van der Waals surface area (Å²) < 4.78 is 0. The number of aromatic nitrogens is 2. The number of aliphatic hydroxyl groups excluding tert-OH is 1. The lowest BCUT2D eigenvalue weighted by Gasteiger charge is -2.24. The summed E-state index contributed by atoms with van der Waals surface area (Å²) in [6, 6.07) is 0.387. The first kappa shape index (κ1) is 12.9. The number of aliphatic hydroxyl groups is 1. The maximum atomic E-state index is 8.96. The fourth-order valence-electron chi connectivity index (χ4n) is 1.42. The Kier molecular flexibility index (Phi) is 5.14. The maximum absolute atomic E-state index is 8.96. The normalized spacial score (nSPS) is 11.1. The Morgan fingerprint density at radius 2 is 2.12 bits per heavy atom. The molecular formula is C11H20N4O.